The molecule has 1 unspecified atom stereocenters. The molecule has 1 heterocycles. The van der Waals surface area contributed by atoms with Crippen LogP contribution in [-0.2, 0) is 4.79 Å². The first-order chi connectivity index (χ1) is 10.6. The summed E-state index contributed by atoms with van der Waals surface area (Å²) in [6.07, 6.45) is 1.03. The summed E-state index contributed by atoms with van der Waals surface area (Å²) in [7, 11) is 3.33. The first kappa shape index (κ1) is 16.6. The highest BCUT2D eigenvalue weighted by Gasteiger charge is 2.24. The number of amides is 1. The van der Waals surface area contributed by atoms with Crippen LogP contribution in [0.1, 0.15) is 6.42 Å². The van der Waals surface area contributed by atoms with Gasteiger partial charge in [-0.3, -0.25) is 9.79 Å². The van der Waals surface area contributed by atoms with Crippen molar-refractivity contribution in [2.45, 2.75) is 12.5 Å². The van der Waals surface area contributed by atoms with Gasteiger partial charge >= 0.3 is 0 Å². The molecule has 3 N–H and O–H groups in total. The standard InChI is InChI=1S/C15H22BrN5O/c1-17-14(22)9-19-15(18-2)20-11-7-8-21(10-11)13-6-4-3-5-12(13)16/h3-6,11H,7-10H2,1-2H3,(H,17,22)(H2,18,19,20). The lowest BCUT2D eigenvalue weighted by molar-refractivity contribution is -0.119. The predicted octanol–water partition coefficient (Wildman–Crippen LogP) is 0.939. The molecule has 0 saturated carbocycles. The van der Waals surface area contributed by atoms with Crippen molar-refractivity contribution < 1.29 is 4.79 Å². The maximum absolute atomic E-state index is 11.3. The molecule has 0 radical (unpaired) electrons. The van der Waals surface area contributed by atoms with Crippen molar-refractivity contribution in [2.75, 3.05) is 38.6 Å². The third-order valence-electron chi connectivity index (χ3n) is 3.64. The second kappa shape index (κ2) is 8.03. The molecular formula is C15H22BrN5O. The SMILES string of the molecule is CN=C(NCC(=O)NC)NC1CCN(c2ccccc2Br)C1. The van der Waals surface area contributed by atoms with Crippen LogP contribution in [0.25, 0.3) is 0 Å². The molecule has 1 fully saturated rings. The van der Waals surface area contributed by atoms with Gasteiger partial charge in [-0.1, -0.05) is 12.1 Å². The van der Waals surface area contributed by atoms with Gasteiger partial charge in [0.15, 0.2) is 5.96 Å². The summed E-state index contributed by atoms with van der Waals surface area (Å²) in [5.41, 5.74) is 1.21. The second-order valence-corrected chi connectivity index (χ2v) is 5.98. The second-order valence-electron chi connectivity index (χ2n) is 5.13. The molecule has 0 aliphatic carbocycles. The summed E-state index contributed by atoms with van der Waals surface area (Å²) in [4.78, 5) is 17.8. The summed E-state index contributed by atoms with van der Waals surface area (Å²) in [5.74, 6) is 0.590. The molecule has 1 amide bonds. The third kappa shape index (κ3) is 4.37. The van der Waals surface area contributed by atoms with Crippen molar-refractivity contribution in [3.8, 4) is 0 Å². The quantitative estimate of drug-likeness (QED) is 0.547. The summed E-state index contributed by atoms with van der Waals surface area (Å²) < 4.78 is 1.11. The molecule has 7 heteroatoms. The van der Waals surface area contributed by atoms with Crippen LogP contribution >= 0.6 is 15.9 Å². The van der Waals surface area contributed by atoms with E-state index < -0.39 is 0 Å². The summed E-state index contributed by atoms with van der Waals surface area (Å²) in [5, 5.41) is 8.95. The highest BCUT2D eigenvalue weighted by molar-refractivity contribution is 9.10. The van der Waals surface area contributed by atoms with Crippen LogP contribution in [0, 0.1) is 0 Å². The Hall–Kier alpha value is -1.76. The van der Waals surface area contributed by atoms with Crippen molar-refractivity contribution >= 4 is 33.5 Å². The van der Waals surface area contributed by atoms with Crippen LogP contribution in [0.3, 0.4) is 0 Å². The van der Waals surface area contributed by atoms with Gasteiger partial charge in [-0.15, -0.1) is 0 Å². The number of guanidine groups is 1. The van der Waals surface area contributed by atoms with Gasteiger partial charge < -0.3 is 20.9 Å². The Morgan fingerprint density at radius 1 is 1.45 bits per heavy atom. The highest BCUT2D eigenvalue weighted by Crippen LogP contribution is 2.28. The third-order valence-corrected chi connectivity index (χ3v) is 4.31. The van der Waals surface area contributed by atoms with E-state index in [1.165, 1.54) is 5.69 Å². The number of benzene rings is 1. The number of carbonyl (C=O) groups excluding carboxylic acids is 1. The van der Waals surface area contributed by atoms with Crippen molar-refractivity contribution in [1.29, 1.82) is 0 Å². The number of hydrogen-bond donors (Lipinski definition) is 3. The van der Waals surface area contributed by atoms with Crippen LogP contribution in [0.4, 0.5) is 5.69 Å². The number of hydrogen-bond acceptors (Lipinski definition) is 3. The molecule has 120 valence electrons. The molecule has 1 atom stereocenters. The maximum atomic E-state index is 11.3. The zero-order valence-electron chi connectivity index (χ0n) is 12.9. The molecular weight excluding hydrogens is 346 g/mol. The Kier molecular flexibility index (Phi) is 6.06. The van der Waals surface area contributed by atoms with Gasteiger partial charge in [-0.25, -0.2) is 0 Å². The van der Waals surface area contributed by atoms with Crippen molar-refractivity contribution in [2.24, 2.45) is 4.99 Å². The topological polar surface area (TPSA) is 68.8 Å². The van der Waals surface area contributed by atoms with Gasteiger partial charge in [0.05, 0.1) is 12.2 Å². The molecule has 1 aromatic rings. The Morgan fingerprint density at radius 2 is 2.23 bits per heavy atom. The number of halogens is 1. The number of aliphatic imine (C=N–C) groups is 1. The van der Waals surface area contributed by atoms with Crippen LogP contribution in [0.2, 0.25) is 0 Å². The molecule has 1 aliphatic heterocycles. The van der Waals surface area contributed by atoms with Gasteiger partial charge in [0.1, 0.15) is 0 Å². The lowest BCUT2D eigenvalue weighted by Crippen LogP contribution is -2.47. The summed E-state index contributed by atoms with van der Waals surface area (Å²) in [6, 6.07) is 8.54. The first-order valence-corrected chi connectivity index (χ1v) is 8.10. The van der Waals surface area contributed by atoms with E-state index in [9.17, 15) is 4.79 Å². The van der Waals surface area contributed by atoms with Crippen molar-refractivity contribution in [3.63, 3.8) is 0 Å². The maximum Gasteiger partial charge on any atom is 0.239 e. The van der Waals surface area contributed by atoms with E-state index in [0.717, 1.165) is 24.0 Å². The average molecular weight is 368 g/mol. The van der Waals surface area contributed by atoms with E-state index in [1.807, 2.05) is 12.1 Å². The van der Waals surface area contributed by atoms with Gasteiger partial charge in [-0.05, 0) is 34.5 Å². The van der Waals surface area contributed by atoms with Crippen LogP contribution in [0.15, 0.2) is 33.7 Å². The number of rotatable bonds is 4. The number of para-hydroxylation sites is 1. The number of anilines is 1. The Labute approximate surface area is 139 Å². The first-order valence-electron chi connectivity index (χ1n) is 7.31. The Bertz CT molecular complexity index is 548. The number of nitrogens with zero attached hydrogens (tertiary/aromatic N) is 2. The van der Waals surface area contributed by atoms with Crippen molar-refractivity contribution in [3.05, 3.63) is 28.7 Å². The Balaban J connectivity index is 1.87. The van der Waals surface area contributed by atoms with E-state index in [0.29, 0.717) is 12.0 Å². The fraction of sp³-hybridized carbons (Fsp3) is 0.467. The smallest absolute Gasteiger partial charge is 0.239 e. The Morgan fingerprint density at radius 3 is 2.91 bits per heavy atom. The number of nitrogens with one attached hydrogen (secondary N) is 3. The zero-order chi connectivity index (χ0) is 15.9. The number of likely N-dealkylation sites (N-methyl/N-ethyl adjacent to an activating group) is 1. The van der Waals surface area contributed by atoms with E-state index in [2.05, 4.69) is 53.9 Å². The van der Waals surface area contributed by atoms with Gasteiger partial charge in [0, 0.05) is 37.7 Å². The van der Waals surface area contributed by atoms with E-state index in [4.69, 9.17) is 0 Å². The normalized spacial score (nSPS) is 18.2. The van der Waals surface area contributed by atoms with E-state index in [1.54, 1.807) is 14.1 Å². The van der Waals surface area contributed by atoms with Crippen LogP contribution in [-0.4, -0.2) is 51.6 Å². The molecule has 22 heavy (non-hydrogen) atoms. The molecule has 0 spiro atoms. The monoisotopic (exact) mass is 367 g/mol. The molecule has 6 nitrogen and oxygen atoms in total. The fourth-order valence-corrected chi connectivity index (χ4v) is 2.98. The summed E-state index contributed by atoms with van der Waals surface area (Å²) >= 11 is 3.60. The average Bonchev–Trinajstić information content (AvgIpc) is 2.99. The largest absolute Gasteiger partial charge is 0.368 e. The van der Waals surface area contributed by atoms with Gasteiger partial charge in [-0.2, -0.15) is 0 Å². The van der Waals surface area contributed by atoms with E-state index in [-0.39, 0.29) is 12.5 Å². The van der Waals surface area contributed by atoms with Crippen LogP contribution < -0.4 is 20.9 Å². The van der Waals surface area contributed by atoms with Crippen molar-refractivity contribution in [1.82, 2.24) is 16.0 Å². The molecule has 1 saturated heterocycles. The van der Waals surface area contributed by atoms with Gasteiger partial charge in [0.2, 0.25) is 5.91 Å². The molecule has 2 rings (SSSR count). The fourth-order valence-electron chi connectivity index (χ4n) is 2.45. The van der Waals surface area contributed by atoms with Gasteiger partial charge in [0.25, 0.3) is 0 Å². The predicted molar refractivity (Wildman–Crippen MR) is 93.3 cm³/mol. The highest BCUT2D eigenvalue weighted by atomic mass is 79.9. The minimum Gasteiger partial charge on any atom is -0.368 e. The zero-order valence-corrected chi connectivity index (χ0v) is 14.5. The summed E-state index contributed by atoms with van der Waals surface area (Å²) in [6.45, 7) is 2.12. The lowest BCUT2D eigenvalue weighted by atomic mass is 10.3. The molecule has 0 bridgehead atoms. The molecule has 1 aromatic carbocycles. The minimum absolute atomic E-state index is 0.0655. The number of carbonyl (C=O) groups is 1. The van der Waals surface area contributed by atoms with Crippen LogP contribution in [0.5, 0.6) is 0 Å². The minimum atomic E-state index is -0.0655. The molecule has 1 aliphatic rings. The molecule has 0 aromatic heterocycles. The lowest BCUT2D eigenvalue weighted by Gasteiger charge is -2.21. The van der Waals surface area contributed by atoms with E-state index >= 15 is 0 Å².